The van der Waals surface area contributed by atoms with Crippen LogP contribution in [-0.2, 0) is 14.3 Å². The van der Waals surface area contributed by atoms with E-state index in [2.05, 4.69) is 0 Å². The summed E-state index contributed by atoms with van der Waals surface area (Å²) < 4.78 is 10.2. The number of ether oxygens (including phenoxy) is 2. The smallest absolute Gasteiger partial charge is 0.332 e. The lowest BCUT2D eigenvalue weighted by Gasteiger charge is -2.13. The van der Waals surface area contributed by atoms with E-state index in [1.807, 2.05) is 13.8 Å². The third-order valence-electron chi connectivity index (χ3n) is 1.47. The van der Waals surface area contributed by atoms with Gasteiger partial charge >= 0.3 is 5.97 Å². The number of rotatable bonds is 7. The second-order valence-corrected chi connectivity index (χ2v) is 2.99. The zero-order valence-corrected chi connectivity index (χ0v) is 8.45. The van der Waals surface area contributed by atoms with Gasteiger partial charge in [-0.1, -0.05) is 0 Å². The van der Waals surface area contributed by atoms with E-state index in [1.54, 1.807) is 6.92 Å². The second-order valence-electron chi connectivity index (χ2n) is 2.99. The van der Waals surface area contributed by atoms with E-state index < -0.39 is 12.1 Å². The van der Waals surface area contributed by atoms with Gasteiger partial charge in [0.1, 0.15) is 0 Å². The molecule has 0 saturated carbocycles. The Hall–Kier alpha value is -0.610. The topological polar surface area (TPSA) is 55.8 Å². The lowest BCUT2D eigenvalue weighted by molar-refractivity contribution is -0.151. The molecular formula is C9H18O4. The van der Waals surface area contributed by atoms with E-state index in [1.165, 1.54) is 0 Å². The van der Waals surface area contributed by atoms with E-state index >= 15 is 0 Å². The summed E-state index contributed by atoms with van der Waals surface area (Å²) in [6, 6.07) is 0. The predicted octanol–water partition coefficient (Wildman–Crippen LogP) is 1.29. The fourth-order valence-corrected chi connectivity index (χ4v) is 0.890. The summed E-state index contributed by atoms with van der Waals surface area (Å²) in [6.45, 7) is 6.44. The number of hydrogen-bond acceptors (Lipinski definition) is 3. The summed E-state index contributed by atoms with van der Waals surface area (Å²) in [7, 11) is 0. The molecule has 1 N–H and O–H groups in total. The third-order valence-corrected chi connectivity index (χ3v) is 1.47. The van der Waals surface area contributed by atoms with Crippen LogP contribution in [0.1, 0.15) is 27.2 Å². The van der Waals surface area contributed by atoms with E-state index in [9.17, 15) is 4.79 Å². The summed E-state index contributed by atoms with van der Waals surface area (Å²) in [5.41, 5.74) is 0. The first-order chi connectivity index (χ1) is 6.07. The van der Waals surface area contributed by atoms with E-state index in [0.29, 0.717) is 19.6 Å². The number of aliphatic carboxylic acids is 1. The molecule has 0 aliphatic carbocycles. The lowest BCUT2D eigenvalue weighted by Crippen LogP contribution is -2.26. The van der Waals surface area contributed by atoms with Crippen LogP contribution >= 0.6 is 0 Å². The Morgan fingerprint density at radius 3 is 2.38 bits per heavy atom. The van der Waals surface area contributed by atoms with Crippen LogP contribution in [-0.4, -0.2) is 36.5 Å². The van der Waals surface area contributed by atoms with Gasteiger partial charge in [0.2, 0.25) is 0 Å². The van der Waals surface area contributed by atoms with Crippen molar-refractivity contribution in [3.8, 4) is 0 Å². The Bertz CT molecular complexity index is 145. The van der Waals surface area contributed by atoms with E-state index in [-0.39, 0.29) is 6.10 Å². The molecule has 0 bridgehead atoms. The number of carboxylic acid groups (broad SMARTS) is 1. The van der Waals surface area contributed by atoms with Crippen molar-refractivity contribution < 1.29 is 19.4 Å². The maximum Gasteiger partial charge on any atom is 0.332 e. The third kappa shape index (κ3) is 6.54. The van der Waals surface area contributed by atoms with Crippen molar-refractivity contribution in [2.45, 2.75) is 39.4 Å². The van der Waals surface area contributed by atoms with Gasteiger partial charge in [0, 0.05) is 19.6 Å². The molecule has 1 atom stereocenters. The van der Waals surface area contributed by atoms with Gasteiger partial charge in [-0.2, -0.15) is 0 Å². The average Bonchev–Trinajstić information content (AvgIpc) is 2.02. The van der Waals surface area contributed by atoms with Gasteiger partial charge in [-0.15, -0.1) is 0 Å². The molecule has 0 saturated heterocycles. The van der Waals surface area contributed by atoms with E-state index in [4.69, 9.17) is 14.6 Å². The molecule has 0 radical (unpaired) electrons. The maximum atomic E-state index is 10.6. The van der Waals surface area contributed by atoms with Crippen molar-refractivity contribution in [3.05, 3.63) is 0 Å². The van der Waals surface area contributed by atoms with Crippen molar-refractivity contribution >= 4 is 5.97 Å². The fraction of sp³-hybridized carbons (Fsp3) is 0.889. The van der Waals surface area contributed by atoms with E-state index in [0.717, 1.165) is 0 Å². The standard InChI is InChI=1S/C9H18O4/c1-4-12-8(9(10)11)5-6-13-7(2)3/h7-8H,4-6H2,1-3H3,(H,10,11). The summed E-state index contributed by atoms with van der Waals surface area (Å²) in [5.74, 6) is -0.922. The minimum Gasteiger partial charge on any atom is -0.479 e. The van der Waals surface area contributed by atoms with Crippen LogP contribution in [0.4, 0.5) is 0 Å². The van der Waals surface area contributed by atoms with Crippen LogP contribution in [0.5, 0.6) is 0 Å². The molecule has 1 unspecified atom stereocenters. The molecule has 0 spiro atoms. The second kappa shape index (κ2) is 6.86. The van der Waals surface area contributed by atoms with Crippen LogP contribution in [0.25, 0.3) is 0 Å². The summed E-state index contributed by atoms with van der Waals surface area (Å²) in [5, 5.41) is 8.69. The zero-order valence-electron chi connectivity index (χ0n) is 8.45. The normalized spacial score (nSPS) is 13.2. The first kappa shape index (κ1) is 12.4. The highest BCUT2D eigenvalue weighted by Gasteiger charge is 2.16. The van der Waals surface area contributed by atoms with Crippen LogP contribution in [0.15, 0.2) is 0 Å². The molecule has 0 amide bonds. The highest BCUT2D eigenvalue weighted by Crippen LogP contribution is 2.01. The summed E-state index contributed by atoms with van der Waals surface area (Å²) in [6.07, 6.45) is -0.193. The average molecular weight is 190 g/mol. The van der Waals surface area contributed by atoms with Crippen LogP contribution < -0.4 is 0 Å². The van der Waals surface area contributed by atoms with Gasteiger partial charge in [0.05, 0.1) is 6.10 Å². The maximum absolute atomic E-state index is 10.6. The minimum atomic E-state index is -0.922. The van der Waals surface area contributed by atoms with Gasteiger partial charge < -0.3 is 14.6 Å². The number of hydrogen-bond donors (Lipinski definition) is 1. The van der Waals surface area contributed by atoms with Gasteiger partial charge in [0.15, 0.2) is 6.10 Å². The largest absolute Gasteiger partial charge is 0.479 e. The molecule has 0 fully saturated rings. The SMILES string of the molecule is CCOC(CCOC(C)C)C(=O)O. The Morgan fingerprint density at radius 1 is 1.38 bits per heavy atom. The van der Waals surface area contributed by atoms with Crippen LogP contribution in [0.3, 0.4) is 0 Å². The fourth-order valence-electron chi connectivity index (χ4n) is 0.890. The Balaban J connectivity index is 3.63. The van der Waals surface area contributed by atoms with Crippen molar-refractivity contribution in [2.75, 3.05) is 13.2 Å². The Labute approximate surface area is 78.8 Å². The van der Waals surface area contributed by atoms with Gasteiger partial charge in [-0.3, -0.25) is 0 Å². The first-order valence-electron chi connectivity index (χ1n) is 4.54. The zero-order chi connectivity index (χ0) is 10.3. The molecule has 13 heavy (non-hydrogen) atoms. The Kier molecular flexibility index (Phi) is 6.54. The molecule has 0 aliphatic heterocycles. The molecule has 4 nitrogen and oxygen atoms in total. The van der Waals surface area contributed by atoms with Crippen LogP contribution in [0, 0.1) is 0 Å². The quantitative estimate of drug-likeness (QED) is 0.657. The Morgan fingerprint density at radius 2 is 2.00 bits per heavy atom. The van der Waals surface area contributed by atoms with Crippen molar-refractivity contribution in [3.63, 3.8) is 0 Å². The number of carbonyl (C=O) groups is 1. The molecule has 4 heteroatoms. The number of carboxylic acids is 1. The highest BCUT2D eigenvalue weighted by atomic mass is 16.5. The lowest BCUT2D eigenvalue weighted by atomic mass is 10.2. The molecule has 0 heterocycles. The van der Waals surface area contributed by atoms with Gasteiger partial charge in [-0.05, 0) is 20.8 Å². The monoisotopic (exact) mass is 190 g/mol. The van der Waals surface area contributed by atoms with Gasteiger partial charge in [-0.25, -0.2) is 4.79 Å². The molecule has 0 aromatic heterocycles. The first-order valence-corrected chi connectivity index (χ1v) is 4.54. The van der Waals surface area contributed by atoms with Gasteiger partial charge in [0.25, 0.3) is 0 Å². The van der Waals surface area contributed by atoms with Crippen molar-refractivity contribution in [2.24, 2.45) is 0 Å². The molecule has 0 aliphatic rings. The molecule has 0 aromatic rings. The van der Waals surface area contributed by atoms with Crippen LogP contribution in [0.2, 0.25) is 0 Å². The molecule has 0 aromatic carbocycles. The van der Waals surface area contributed by atoms with Crippen molar-refractivity contribution in [1.82, 2.24) is 0 Å². The predicted molar refractivity (Wildman–Crippen MR) is 48.8 cm³/mol. The minimum absolute atomic E-state index is 0.135. The molecule has 78 valence electrons. The summed E-state index contributed by atoms with van der Waals surface area (Å²) in [4.78, 5) is 10.6. The molecule has 0 rings (SSSR count). The summed E-state index contributed by atoms with van der Waals surface area (Å²) >= 11 is 0. The van der Waals surface area contributed by atoms with Crippen molar-refractivity contribution in [1.29, 1.82) is 0 Å². The molecular weight excluding hydrogens is 172 g/mol. The highest BCUT2D eigenvalue weighted by molar-refractivity contribution is 5.72.